The van der Waals surface area contributed by atoms with Crippen LogP contribution in [0.2, 0.25) is 0 Å². The zero-order valence-corrected chi connectivity index (χ0v) is 14.3. The van der Waals surface area contributed by atoms with Crippen LogP contribution in [-0.4, -0.2) is 11.9 Å². The van der Waals surface area contributed by atoms with E-state index in [1.165, 1.54) is 25.7 Å². The number of carbonyl (C=O) groups excluding carboxylic acids is 1. The summed E-state index contributed by atoms with van der Waals surface area (Å²) in [7, 11) is 0. The van der Waals surface area contributed by atoms with Gasteiger partial charge in [-0.25, -0.2) is 0 Å². The van der Waals surface area contributed by atoms with Gasteiger partial charge in [0.2, 0.25) is 0 Å². The lowest BCUT2D eigenvalue weighted by Crippen LogP contribution is -2.39. The summed E-state index contributed by atoms with van der Waals surface area (Å²) < 4.78 is 1.81. The van der Waals surface area contributed by atoms with Crippen LogP contribution in [0, 0.1) is 5.92 Å². The third-order valence-electron chi connectivity index (χ3n) is 3.85. The quantitative estimate of drug-likeness (QED) is 0.716. The fourth-order valence-corrected chi connectivity index (χ4v) is 3.85. The van der Waals surface area contributed by atoms with Crippen LogP contribution in [0.4, 0.5) is 0 Å². The largest absolute Gasteiger partial charge is 0.349 e. The maximum absolute atomic E-state index is 12.3. The molecular formula is C15H19Br2NO. The SMILES string of the molecule is CC1CCCCCC1NC(=O)c1ccc(Br)cc1Br. The first-order valence-electron chi connectivity index (χ1n) is 6.84. The summed E-state index contributed by atoms with van der Waals surface area (Å²) in [5.41, 5.74) is 0.708. The molecule has 0 heterocycles. The van der Waals surface area contributed by atoms with Crippen molar-refractivity contribution in [1.29, 1.82) is 0 Å². The standard InChI is InChI=1S/C15H19Br2NO/c1-10-5-3-2-4-6-14(10)18-15(19)12-8-7-11(16)9-13(12)17/h7-10,14H,2-6H2,1H3,(H,18,19). The molecule has 0 spiro atoms. The van der Waals surface area contributed by atoms with Crippen LogP contribution < -0.4 is 5.32 Å². The fraction of sp³-hybridized carbons (Fsp3) is 0.533. The van der Waals surface area contributed by atoms with E-state index in [-0.39, 0.29) is 5.91 Å². The molecule has 1 saturated carbocycles. The molecule has 0 radical (unpaired) electrons. The van der Waals surface area contributed by atoms with E-state index in [9.17, 15) is 4.79 Å². The Labute approximate surface area is 131 Å². The second-order valence-corrected chi connectivity index (χ2v) is 7.09. The van der Waals surface area contributed by atoms with E-state index in [4.69, 9.17) is 0 Å². The van der Waals surface area contributed by atoms with Crippen molar-refractivity contribution < 1.29 is 4.79 Å². The molecule has 2 unspecified atom stereocenters. The molecule has 1 aromatic rings. The summed E-state index contributed by atoms with van der Waals surface area (Å²) in [6.07, 6.45) is 6.11. The number of amides is 1. The molecule has 1 fully saturated rings. The van der Waals surface area contributed by atoms with Gasteiger partial charge in [0, 0.05) is 15.0 Å². The number of rotatable bonds is 2. The summed E-state index contributed by atoms with van der Waals surface area (Å²) >= 11 is 6.85. The monoisotopic (exact) mass is 387 g/mol. The molecule has 104 valence electrons. The van der Waals surface area contributed by atoms with Gasteiger partial charge in [0.25, 0.3) is 5.91 Å². The van der Waals surface area contributed by atoms with Gasteiger partial charge in [0.05, 0.1) is 5.56 Å². The molecule has 1 aromatic carbocycles. The van der Waals surface area contributed by atoms with E-state index >= 15 is 0 Å². The molecule has 2 nitrogen and oxygen atoms in total. The highest BCUT2D eigenvalue weighted by molar-refractivity contribution is 9.11. The average molecular weight is 389 g/mol. The number of halogens is 2. The van der Waals surface area contributed by atoms with E-state index < -0.39 is 0 Å². The van der Waals surface area contributed by atoms with Gasteiger partial charge >= 0.3 is 0 Å². The lowest BCUT2D eigenvalue weighted by atomic mass is 9.96. The number of hydrogen-bond donors (Lipinski definition) is 1. The van der Waals surface area contributed by atoms with E-state index in [1.54, 1.807) is 0 Å². The second-order valence-electron chi connectivity index (χ2n) is 5.32. The van der Waals surface area contributed by atoms with Crippen LogP contribution in [-0.2, 0) is 0 Å². The highest BCUT2D eigenvalue weighted by Gasteiger charge is 2.22. The van der Waals surface area contributed by atoms with Crippen LogP contribution in [0.1, 0.15) is 49.4 Å². The molecule has 1 N–H and O–H groups in total. The van der Waals surface area contributed by atoms with Crippen LogP contribution in [0.3, 0.4) is 0 Å². The molecule has 1 aliphatic rings. The predicted octanol–water partition coefficient (Wildman–Crippen LogP) is 4.91. The zero-order valence-electron chi connectivity index (χ0n) is 11.1. The Morgan fingerprint density at radius 1 is 1.21 bits per heavy atom. The van der Waals surface area contributed by atoms with Crippen molar-refractivity contribution in [2.75, 3.05) is 0 Å². The van der Waals surface area contributed by atoms with Gasteiger partial charge < -0.3 is 5.32 Å². The van der Waals surface area contributed by atoms with Gasteiger partial charge in [-0.3, -0.25) is 4.79 Å². The Hall–Kier alpha value is -0.350. The molecule has 4 heteroatoms. The normalized spacial score (nSPS) is 23.7. The van der Waals surface area contributed by atoms with Crippen molar-refractivity contribution in [2.24, 2.45) is 5.92 Å². The number of benzene rings is 1. The summed E-state index contributed by atoms with van der Waals surface area (Å²) in [4.78, 5) is 12.3. The molecular weight excluding hydrogens is 370 g/mol. The number of carbonyl (C=O) groups is 1. The maximum Gasteiger partial charge on any atom is 0.252 e. The maximum atomic E-state index is 12.3. The highest BCUT2D eigenvalue weighted by Crippen LogP contribution is 2.25. The third-order valence-corrected chi connectivity index (χ3v) is 5.00. The van der Waals surface area contributed by atoms with E-state index in [0.717, 1.165) is 15.4 Å². The second kappa shape index (κ2) is 6.89. The molecule has 0 bridgehead atoms. The van der Waals surface area contributed by atoms with Crippen molar-refractivity contribution in [3.05, 3.63) is 32.7 Å². The van der Waals surface area contributed by atoms with E-state index in [0.29, 0.717) is 17.5 Å². The van der Waals surface area contributed by atoms with Gasteiger partial charge in [0.1, 0.15) is 0 Å². The van der Waals surface area contributed by atoms with E-state index in [1.807, 2.05) is 18.2 Å². The van der Waals surface area contributed by atoms with Crippen molar-refractivity contribution in [2.45, 2.75) is 45.1 Å². The van der Waals surface area contributed by atoms with Crippen LogP contribution in [0.5, 0.6) is 0 Å². The summed E-state index contributed by atoms with van der Waals surface area (Å²) in [5, 5.41) is 3.20. The third kappa shape index (κ3) is 4.06. The summed E-state index contributed by atoms with van der Waals surface area (Å²) in [6.45, 7) is 2.24. The van der Waals surface area contributed by atoms with Crippen LogP contribution in [0.25, 0.3) is 0 Å². The van der Waals surface area contributed by atoms with Crippen molar-refractivity contribution in [3.63, 3.8) is 0 Å². The molecule has 0 aromatic heterocycles. The summed E-state index contributed by atoms with van der Waals surface area (Å²) in [6, 6.07) is 5.97. The molecule has 2 rings (SSSR count). The zero-order chi connectivity index (χ0) is 13.8. The first kappa shape index (κ1) is 15.0. The van der Waals surface area contributed by atoms with Crippen LogP contribution in [0.15, 0.2) is 27.1 Å². The van der Waals surface area contributed by atoms with Crippen molar-refractivity contribution in [1.82, 2.24) is 5.32 Å². The van der Waals surface area contributed by atoms with Crippen LogP contribution >= 0.6 is 31.9 Å². The Morgan fingerprint density at radius 2 is 1.95 bits per heavy atom. The van der Waals surface area contributed by atoms with Gasteiger partial charge in [-0.2, -0.15) is 0 Å². The molecule has 0 aliphatic heterocycles. The minimum atomic E-state index is 0.0260. The lowest BCUT2D eigenvalue weighted by Gasteiger charge is -2.23. The minimum absolute atomic E-state index is 0.0260. The van der Waals surface area contributed by atoms with E-state index in [2.05, 4.69) is 44.1 Å². The van der Waals surface area contributed by atoms with Crippen molar-refractivity contribution >= 4 is 37.8 Å². The smallest absolute Gasteiger partial charge is 0.252 e. The topological polar surface area (TPSA) is 29.1 Å². The van der Waals surface area contributed by atoms with Gasteiger partial charge in [-0.1, -0.05) is 42.1 Å². The Morgan fingerprint density at radius 3 is 2.68 bits per heavy atom. The molecule has 0 saturated heterocycles. The lowest BCUT2D eigenvalue weighted by molar-refractivity contribution is 0.0921. The molecule has 2 atom stereocenters. The number of nitrogens with one attached hydrogen (secondary N) is 1. The first-order valence-corrected chi connectivity index (χ1v) is 8.42. The Balaban J connectivity index is 2.07. The minimum Gasteiger partial charge on any atom is -0.349 e. The molecule has 1 aliphatic carbocycles. The van der Waals surface area contributed by atoms with Gasteiger partial charge in [-0.05, 0) is 52.9 Å². The Bertz CT molecular complexity index is 461. The predicted molar refractivity (Wildman–Crippen MR) is 85.3 cm³/mol. The molecule has 1 amide bonds. The van der Waals surface area contributed by atoms with Gasteiger partial charge in [-0.15, -0.1) is 0 Å². The fourth-order valence-electron chi connectivity index (χ4n) is 2.63. The molecule has 19 heavy (non-hydrogen) atoms. The first-order chi connectivity index (χ1) is 9.08. The highest BCUT2D eigenvalue weighted by atomic mass is 79.9. The van der Waals surface area contributed by atoms with Gasteiger partial charge in [0.15, 0.2) is 0 Å². The average Bonchev–Trinajstić information content (AvgIpc) is 2.55. The Kier molecular flexibility index (Phi) is 5.46. The number of hydrogen-bond acceptors (Lipinski definition) is 1. The van der Waals surface area contributed by atoms with Crippen molar-refractivity contribution in [3.8, 4) is 0 Å². The summed E-state index contributed by atoms with van der Waals surface area (Å²) in [5.74, 6) is 0.596.